The van der Waals surface area contributed by atoms with E-state index in [0.717, 1.165) is 49.0 Å². The van der Waals surface area contributed by atoms with E-state index in [1.165, 1.54) is 17.1 Å². The lowest BCUT2D eigenvalue weighted by atomic mass is 10.1. The highest BCUT2D eigenvalue weighted by Crippen LogP contribution is 2.20. The van der Waals surface area contributed by atoms with Gasteiger partial charge < -0.3 is 15.1 Å². The van der Waals surface area contributed by atoms with Gasteiger partial charge >= 0.3 is 6.03 Å². The molecule has 1 aliphatic rings. The number of urea groups is 1. The van der Waals surface area contributed by atoms with Gasteiger partial charge in [-0.05, 0) is 17.5 Å². The quantitative estimate of drug-likeness (QED) is 0.703. The second kappa shape index (κ2) is 9.52. The summed E-state index contributed by atoms with van der Waals surface area (Å²) in [5.41, 5.74) is 2.33. The van der Waals surface area contributed by atoms with E-state index >= 15 is 0 Å². The predicted molar refractivity (Wildman–Crippen MR) is 116 cm³/mol. The van der Waals surface area contributed by atoms with Crippen molar-refractivity contribution in [1.29, 1.82) is 0 Å². The van der Waals surface area contributed by atoms with Gasteiger partial charge in [0.15, 0.2) is 0 Å². The number of rotatable bonds is 5. The van der Waals surface area contributed by atoms with Crippen LogP contribution in [0, 0.1) is 0 Å². The van der Waals surface area contributed by atoms with Crippen molar-refractivity contribution >= 4 is 22.7 Å². The fraction of sp³-hybridized carbons (Fsp3) is 0.318. The molecule has 0 spiro atoms. The highest BCUT2D eigenvalue weighted by atomic mass is 32.1. The first kappa shape index (κ1) is 19.4. The van der Waals surface area contributed by atoms with E-state index in [-0.39, 0.29) is 6.03 Å². The molecule has 29 heavy (non-hydrogen) atoms. The molecule has 3 aromatic rings. The van der Waals surface area contributed by atoms with Gasteiger partial charge in [0.2, 0.25) is 5.13 Å². The second-order valence-electron chi connectivity index (χ2n) is 7.13. The van der Waals surface area contributed by atoms with E-state index < -0.39 is 0 Å². The molecule has 150 valence electrons. The number of hydrogen-bond donors (Lipinski definition) is 1. The number of hydrogen-bond acceptors (Lipinski definition) is 5. The number of nitrogens with one attached hydrogen (secondary N) is 1. The zero-order valence-corrected chi connectivity index (χ0v) is 17.1. The lowest BCUT2D eigenvalue weighted by molar-refractivity contribution is 0.201. The first-order chi connectivity index (χ1) is 14.3. The van der Waals surface area contributed by atoms with Crippen LogP contribution < -0.4 is 10.2 Å². The molecule has 1 saturated heterocycles. The van der Waals surface area contributed by atoms with Crippen molar-refractivity contribution in [2.75, 3.05) is 31.1 Å². The first-order valence-corrected chi connectivity index (χ1v) is 10.7. The standard InChI is InChI=1S/C22H25N5OS/c28-21(23-17-19-10-5-2-6-11-19)26-12-7-13-27(15-14-26)22-24-20(25-29-22)16-18-8-3-1-4-9-18/h1-6,8-11H,7,12-17H2,(H,23,28). The Morgan fingerprint density at radius 1 is 0.931 bits per heavy atom. The number of aromatic nitrogens is 2. The minimum atomic E-state index is -0.00210. The van der Waals surface area contributed by atoms with Gasteiger partial charge in [-0.2, -0.15) is 4.37 Å². The Labute approximate surface area is 175 Å². The molecule has 1 N–H and O–H groups in total. The van der Waals surface area contributed by atoms with Crippen LogP contribution in [0.4, 0.5) is 9.93 Å². The fourth-order valence-corrected chi connectivity index (χ4v) is 4.16. The van der Waals surface area contributed by atoms with Crippen LogP contribution in [0.1, 0.15) is 23.4 Å². The van der Waals surface area contributed by atoms with Crippen molar-refractivity contribution in [2.24, 2.45) is 0 Å². The van der Waals surface area contributed by atoms with Gasteiger partial charge in [-0.1, -0.05) is 60.7 Å². The average molecular weight is 408 g/mol. The third-order valence-corrected chi connectivity index (χ3v) is 5.82. The summed E-state index contributed by atoms with van der Waals surface area (Å²) >= 11 is 1.45. The largest absolute Gasteiger partial charge is 0.345 e. The maximum atomic E-state index is 12.5. The molecule has 4 rings (SSSR count). The Bertz CT molecular complexity index is 915. The Hall–Kier alpha value is -2.93. The summed E-state index contributed by atoms with van der Waals surface area (Å²) in [5.74, 6) is 0.859. The van der Waals surface area contributed by atoms with Crippen molar-refractivity contribution in [3.05, 3.63) is 77.6 Å². The van der Waals surface area contributed by atoms with Crippen LogP contribution in [-0.2, 0) is 13.0 Å². The molecular formula is C22H25N5OS. The minimum absolute atomic E-state index is 0.00210. The van der Waals surface area contributed by atoms with E-state index in [4.69, 9.17) is 4.98 Å². The monoisotopic (exact) mass is 407 g/mol. The van der Waals surface area contributed by atoms with Crippen LogP contribution in [0.25, 0.3) is 0 Å². The van der Waals surface area contributed by atoms with Gasteiger partial charge in [-0.25, -0.2) is 9.78 Å². The summed E-state index contributed by atoms with van der Waals surface area (Å²) in [6, 6.07) is 20.3. The van der Waals surface area contributed by atoms with Crippen molar-refractivity contribution in [3.63, 3.8) is 0 Å². The summed E-state index contributed by atoms with van der Waals surface area (Å²) in [7, 11) is 0. The molecule has 7 heteroatoms. The van der Waals surface area contributed by atoms with Crippen LogP contribution in [0.5, 0.6) is 0 Å². The van der Waals surface area contributed by atoms with E-state index in [9.17, 15) is 4.79 Å². The summed E-state index contributed by atoms with van der Waals surface area (Å²) in [6.45, 7) is 3.67. The maximum Gasteiger partial charge on any atom is 0.317 e. The SMILES string of the molecule is O=C(NCc1ccccc1)N1CCCN(c2nc(Cc3ccccc3)ns2)CC1. The van der Waals surface area contributed by atoms with E-state index in [1.54, 1.807) is 0 Å². The number of carbonyl (C=O) groups excluding carboxylic acids is 1. The zero-order chi connectivity index (χ0) is 19.9. The van der Waals surface area contributed by atoms with Crippen LogP contribution in [0.15, 0.2) is 60.7 Å². The van der Waals surface area contributed by atoms with Gasteiger partial charge in [0.05, 0.1) is 0 Å². The van der Waals surface area contributed by atoms with Crippen molar-refractivity contribution in [1.82, 2.24) is 19.6 Å². The fourth-order valence-electron chi connectivity index (χ4n) is 3.42. The minimum Gasteiger partial charge on any atom is -0.345 e. The van der Waals surface area contributed by atoms with Gasteiger partial charge in [-0.15, -0.1) is 0 Å². The average Bonchev–Trinajstić information content (AvgIpc) is 3.08. The molecule has 6 nitrogen and oxygen atoms in total. The molecule has 1 aliphatic heterocycles. The van der Waals surface area contributed by atoms with Crippen molar-refractivity contribution < 1.29 is 4.79 Å². The molecule has 0 atom stereocenters. The molecule has 0 bridgehead atoms. The highest BCUT2D eigenvalue weighted by Gasteiger charge is 2.21. The molecule has 0 radical (unpaired) electrons. The molecular weight excluding hydrogens is 382 g/mol. The van der Waals surface area contributed by atoms with Gasteiger partial charge in [0.25, 0.3) is 0 Å². The number of carbonyl (C=O) groups is 1. The normalized spacial score (nSPS) is 14.5. The van der Waals surface area contributed by atoms with Crippen LogP contribution >= 0.6 is 11.5 Å². The van der Waals surface area contributed by atoms with E-state index in [0.29, 0.717) is 13.1 Å². The molecule has 2 heterocycles. The third-order valence-electron chi connectivity index (χ3n) is 5.00. The third kappa shape index (κ3) is 5.32. The number of benzene rings is 2. The lowest BCUT2D eigenvalue weighted by Gasteiger charge is -2.22. The van der Waals surface area contributed by atoms with Crippen LogP contribution in [0.2, 0.25) is 0 Å². The summed E-state index contributed by atoms with van der Waals surface area (Å²) in [4.78, 5) is 21.4. The second-order valence-corrected chi connectivity index (χ2v) is 7.86. The summed E-state index contributed by atoms with van der Waals surface area (Å²) in [6.07, 6.45) is 1.67. The molecule has 1 fully saturated rings. The summed E-state index contributed by atoms with van der Waals surface area (Å²) in [5, 5.41) is 3.97. The summed E-state index contributed by atoms with van der Waals surface area (Å²) < 4.78 is 4.53. The first-order valence-electron chi connectivity index (χ1n) is 9.96. The van der Waals surface area contributed by atoms with Crippen LogP contribution in [0.3, 0.4) is 0 Å². The molecule has 1 aromatic heterocycles. The number of amides is 2. The maximum absolute atomic E-state index is 12.5. The van der Waals surface area contributed by atoms with E-state index in [1.807, 2.05) is 53.4 Å². The topological polar surface area (TPSA) is 61.4 Å². The predicted octanol–water partition coefficient (Wildman–Crippen LogP) is 3.55. The molecule has 2 amide bonds. The van der Waals surface area contributed by atoms with Crippen molar-refractivity contribution in [3.8, 4) is 0 Å². The number of anilines is 1. The van der Waals surface area contributed by atoms with Gasteiger partial charge in [-0.3, -0.25) is 0 Å². The zero-order valence-electron chi connectivity index (χ0n) is 16.3. The number of nitrogens with zero attached hydrogens (tertiary/aromatic N) is 4. The molecule has 0 aliphatic carbocycles. The van der Waals surface area contributed by atoms with Crippen LogP contribution in [-0.4, -0.2) is 46.5 Å². The Morgan fingerprint density at radius 2 is 1.66 bits per heavy atom. The van der Waals surface area contributed by atoms with Crippen molar-refractivity contribution in [2.45, 2.75) is 19.4 Å². The van der Waals surface area contributed by atoms with E-state index in [2.05, 4.69) is 26.7 Å². The Morgan fingerprint density at radius 3 is 2.41 bits per heavy atom. The lowest BCUT2D eigenvalue weighted by Crippen LogP contribution is -2.41. The highest BCUT2D eigenvalue weighted by molar-refractivity contribution is 7.09. The molecule has 2 aromatic carbocycles. The van der Waals surface area contributed by atoms with Gasteiger partial charge in [0, 0.05) is 50.7 Å². The van der Waals surface area contributed by atoms with Gasteiger partial charge in [0.1, 0.15) is 5.82 Å². The Balaban J connectivity index is 1.30. The molecule has 0 unspecified atom stereocenters. The Kier molecular flexibility index (Phi) is 6.36. The smallest absolute Gasteiger partial charge is 0.317 e. The molecule has 0 saturated carbocycles.